The lowest BCUT2D eigenvalue weighted by atomic mass is 10.0. The zero-order chi connectivity index (χ0) is 15.4. The van der Waals surface area contributed by atoms with Crippen molar-refractivity contribution in [1.82, 2.24) is 20.0 Å². The Hall–Kier alpha value is -0.780. The van der Waals surface area contributed by atoms with Crippen LogP contribution in [0.5, 0.6) is 0 Å². The summed E-state index contributed by atoms with van der Waals surface area (Å²) in [4.78, 5) is 14.9. The standard InChI is InChI=1S/C16H28N4O.2ClH/c1-5-10-20(14-6-8-17-9-7-14)16(21)11-15-12(2)18-19(4)13(15)3;;/h14,17H,5-11H2,1-4H3;2*1H. The molecule has 1 aliphatic rings. The molecule has 0 radical (unpaired) electrons. The Morgan fingerprint density at radius 2 is 1.91 bits per heavy atom. The lowest BCUT2D eigenvalue weighted by Gasteiger charge is -2.34. The van der Waals surface area contributed by atoms with Gasteiger partial charge < -0.3 is 10.2 Å². The van der Waals surface area contributed by atoms with E-state index in [-0.39, 0.29) is 30.7 Å². The number of aromatic nitrogens is 2. The Kier molecular flexibility index (Phi) is 9.82. The van der Waals surface area contributed by atoms with Crippen molar-refractivity contribution in [3.63, 3.8) is 0 Å². The highest BCUT2D eigenvalue weighted by Gasteiger charge is 2.26. The van der Waals surface area contributed by atoms with Crippen LogP contribution in [0.2, 0.25) is 0 Å². The van der Waals surface area contributed by atoms with E-state index in [1.54, 1.807) is 0 Å². The molecule has 7 heteroatoms. The van der Waals surface area contributed by atoms with Gasteiger partial charge in [0.2, 0.25) is 5.91 Å². The van der Waals surface area contributed by atoms with Gasteiger partial charge in [0, 0.05) is 30.9 Å². The molecule has 1 aromatic rings. The Bertz CT molecular complexity index is 499. The first kappa shape index (κ1) is 22.2. The van der Waals surface area contributed by atoms with Crippen LogP contribution in [0.15, 0.2) is 0 Å². The lowest BCUT2D eigenvalue weighted by Crippen LogP contribution is -2.47. The number of halogens is 2. The number of carbonyl (C=O) groups excluding carboxylic acids is 1. The topological polar surface area (TPSA) is 50.2 Å². The number of nitrogens with one attached hydrogen (secondary N) is 1. The molecular weight excluding hydrogens is 335 g/mol. The molecule has 1 fully saturated rings. The minimum absolute atomic E-state index is 0. The second kappa shape index (κ2) is 10.2. The maximum Gasteiger partial charge on any atom is 0.227 e. The molecule has 1 aromatic heterocycles. The number of nitrogens with zero attached hydrogens (tertiary/aromatic N) is 3. The van der Waals surface area contributed by atoms with E-state index in [9.17, 15) is 4.79 Å². The van der Waals surface area contributed by atoms with Crippen molar-refractivity contribution in [1.29, 1.82) is 0 Å². The maximum absolute atomic E-state index is 12.8. The third kappa shape index (κ3) is 5.37. The molecule has 1 amide bonds. The van der Waals surface area contributed by atoms with Crippen LogP contribution in [0.3, 0.4) is 0 Å². The fourth-order valence-corrected chi connectivity index (χ4v) is 3.20. The van der Waals surface area contributed by atoms with Crippen LogP contribution in [0, 0.1) is 13.8 Å². The van der Waals surface area contributed by atoms with Crippen molar-refractivity contribution < 1.29 is 4.79 Å². The number of rotatable bonds is 5. The lowest BCUT2D eigenvalue weighted by molar-refractivity contribution is -0.133. The number of hydrogen-bond acceptors (Lipinski definition) is 3. The van der Waals surface area contributed by atoms with Gasteiger partial charge in [-0.2, -0.15) is 5.10 Å². The molecule has 1 aliphatic heterocycles. The van der Waals surface area contributed by atoms with Crippen LogP contribution in [0.1, 0.15) is 43.1 Å². The van der Waals surface area contributed by atoms with Crippen LogP contribution < -0.4 is 5.32 Å². The summed E-state index contributed by atoms with van der Waals surface area (Å²) >= 11 is 0. The van der Waals surface area contributed by atoms with Crippen molar-refractivity contribution >= 4 is 30.7 Å². The Morgan fingerprint density at radius 1 is 1.30 bits per heavy atom. The zero-order valence-corrected chi connectivity index (χ0v) is 16.2. The van der Waals surface area contributed by atoms with Gasteiger partial charge in [-0.05, 0) is 46.2 Å². The molecule has 1 saturated heterocycles. The van der Waals surface area contributed by atoms with Gasteiger partial charge in [0.25, 0.3) is 0 Å². The predicted molar refractivity (Wildman–Crippen MR) is 98.8 cm³/mol. The van der Waals surface area contributed by atoms with Gasteiger partial charge in [0.15, 0.2) is 0 Å². The second-order valence-corrected chi connectivity index (χ2v) is 6.02. The maximum atomic E-state index is 12.8. The van der Waals surface area contributed by atoms with Crippen LogP contribution in [-0.2, 0) is 18.3 Å². The van der Waals surface area contributed by atoms with Crippen molar-refractivity contribution in [3.8, 4) is 0 Å². The average molecular weight is 365 g/mol. The smallest absolute Gasteiger partial charge is 0.227 e. The summed E-state index contributed by atoms with van der Waals surface area (Å²) in [6.07, 6.45) is 3.63. The van der Waals surface area contributed by atoms with Gasteiger partial charge in [0.05, 0.1) is 12.1 Å². The van der Waals surface area contributed by atoms with E-state index in [1.165, 1.54) is 0 Å². The molecule has 23 heavy (non-hydrogen) atoms. The fourth-order valence-electron chi connectivity index (χ4n) is 3.20. The molecule has 0 atom stereocenters. The van der Waals surface area contributed by atoms with Crippen molar-refractivity contribution in [2.75, 3.05) is 19.6 Å². The van der Waals surface area contributed by atoms with Crippen LogP contribution in [0.4, 0.5) is 0 Å². The van der Waals surface area contributed by atoms with Gasteiger partial charge in [-0.3, -0.25) is 9.48 Å². The molecule has 5 nitrogen and oxygen atoms in total. The first-order chi connectivity index (χ1) is 10.0. The number of carbonyl (C=O) groups is 1. The van der Waals surface area contributed by atoms with E-state index >= 15 is 0 Å². The predicted octanol–water partition coefficient (Wildman–Crippen LogP) is 2.41. The van der Waals surface area contributed by atoms with Crippen LogP contribution in [-0.4, -0.2) is 46.3 Å². The van der Waals surface area contributed by atoms with Gasteiger partial charge >= 0.3 is 0 Å². The second-order valence-electron chi connectivity index (χ2n) is 6.02. The van der Waals surface area contributed by atoms with Gasteiger partial charge in [-0.25, -0.2) is 0 Å². The summed E-state index contributed by atoms with van der Waals surface area (Å²) in [5, 5.41) is 7.79. The summed E-state index contributed by atoms with van der Waals surface area (Å²) in [6, 6.07) is 0.399. The summed E-state index contributed by atoms with van der Waals surface area (Å²) in [7, 11) is 1.94. The summed E-state index contributed by atoms with van der Waals surface area (Å²) in [5.41, 5.74) is 3.17. The Morgan fingerprint density at radius 3 is 2.39 bits per heavy atom. The third-order valence-corrected chi connectivity index (χ3v) is 4.52. The first-order valence-electron chi connectivity index (χ1n) is 8.03. The molecule has 0 spiro atoms. The van der Waals surface area contributed by atoms with Crippen LogP contribution in [0.25, 0.3) is 0 Å². The third-order valence-electron chi connectivity index (χ3n) is 4.52. The van der Waals surface area contributed by atoms with Crippen molar-refractivity contribution in [2.45, 2.75) is 52.5 Å². The number of amides is 1. The van der Waals surface area contributed by atoms with E-state index in [0.717, 1.165) is 55.8 Å². The largest absolute Gasteiger partial charge is 0.339 e. The average Bonchev–Trinajstić information content (AvgIpc) is 2.72. The number of aryl methyl sites for hydroxylation is 2. The molecule has 2 heterocycles. The van der Waals surface area contributed by atoms with Crippen molar-refractivity contribution in [3.05, 3.63) is 17.0 Å². The summed E-state index contributed by atoms with van der Waals surface area (Å²) in [6.45, 7) is 9.07. The minimum Gasteiger partial charge on any atom is -0.339 e. The van der Waals surface area contributed by atoms with Crippen molar-refractivity contribution in [2.24, 2.45) is 7.05 Å². The quantitative estimate of drug-likeness (QED) is 0.872. The SMILES string of the molecule is CCCN(C(=O)Cc1c(C)nn(C)c1C)C1CCNCC1.Cl.Cl. The van der Waals surface area contributed by atoms with Gasteiger partial charge in [0.1, 0.15) is 0 Å². The molecule has 134 valence electrons. The van der Waals surface area contributed by atoms with Gasteiger partial charge in [-0.1, -0.05) is 6.92 Å². The monoisotopic (exact) mass is 364 g/mol. The van der Waals surface area contributed by atoms with E-state index in [4.69, 9.17) is 0 Å². The molecule has 0 bridgehead atoms. The fraction of sp³-hybridized carbons (Fsp3) is 0.750. The van der Waals surface area contributed by atoms with E-state index in [2.05, 4.69) is 22.2 Å². The molecule has 0 unspecified atom stereocenters. The molecule has 0 saturated carbocycles. The molecule has 1 N–H and O–H groups in total. The Labute approximate surface area is 152 Å². The van der Waals surface area contributed by atoms with Gasteiger partial charge in [-0.15, -0.1) is 24.8 Å². The molecule has 0 aliphatic carbocycles. The Balaban J connectivity index is 0.00000242. The highest BCUT2D eigenvalue weighted by molar-refractivity contribution is 5.85. The van der Waals surface area contributed by atoms with E-state index in [1.807, 2.05) is 25.6 Å². The highest BCUT2D eigenvalue weighted by atomic mass is 35.5. The summed E-state index contributed by atoms with van der Waals surface area (Å²) in [5.74, 6) is 0.253. The van der Waals surface area contributed by atoms with E-state index < -0.39 is 0 Å². The highest BCUT2D eigenvalue weighted by Crippen LogP contribution is 2.18. The molecule has 2 rings (SSSR count). The summed E-state index contributed by atoms with van der Waals surface area (Å²) < 4.78 is 1.87. The molecular formula is C16H30Cl2N4O. The molecule has 0 aromatic carbocycles. The zero-order valence-electron chi connectivity index (χ0n) is 14.6. The minimum atomic E-state index is 0. The first-order valence-corrected chi connectivity index (χ1v) is 8.03. The number of piperidine rings is 1. The number of hydrogen-bond donors (Lipinski definition) is 1. The van der Waals surface area contributed by atoms with Crippen LogP contribution >= 0.6 is 24.8 Å². The van der Waals surface area contributed by atoms with E-state index in [0.29, 0.717) is 12.5 Å². The normalized spacial score (nSPS) is 14.8.